The number of carbonyl (C=O) groups excluding carboxylic acids is 1. The number of carbonyl (C=O) groups is 1. The molecule has 1 saturated carbocycles. The van der Waals surface area contributed by atoms with Crippen LogP contribution >= 0.6 is 0 Å². The van der Waals surface area contributed by atoms with Gasteiger partial charge in [0, 0.05) is 24.5 Å². The second-order valence-electron chi connectivity index (χ2n) is 5.00. The molecule has 100 valence electrons. The van der Waals surface area contributed by atoms with Crippen molar-refractivity contribution in [1.29, 1.82) is 0 Å². The molecule has 0 spiro atoms. The van der Waals surface area contributed by atoms with Crippen LogP contribution in [0.1, 0.15) is 23.2 Å². The van der Waals surface area contributed by atoms with Gasteiger partial charge >= 0.3 is 0 Å². The summed E-state index contributed by atoms with van der Waals surface area (Å²) in [6.07, 6.45) is 5.31. The maximum absolute atomic E-state index is 12.3. The fourth-order valence-corrected chi connectivity index (χ4v) is 2.52. The first kappa shape index (κ1) is 11.2. The molecule has 2 aliphatic rings. The summed E-state index contributed by atoms with van der Waals surface area (Å²) in [4.78, 5) is 33.7. The summed E-state index contributed by atoms with van der Waals surface area (Å²) < 4.78 is 0. The Bertz CT molecular complexity index is 764. The van der Waals surface area contributed by atoms with Gasteiger partial charge in [0.05, 0.1) is 5.56 Å². The van der Waals surface area contributed by atoms with Crippen molar-refractivity contribution in [3.05, 3.63) is 46.4 Å². The summed E-state index contributed by atoms with van der Waals surface area (Å²) in [5, 5.41) is 2.70. The number of H-pyrrole nitrogens is 1. The monoisotopic (exact) mass is 268 g/mol. The third-order valence-electron chi connectivity index (χ3n) is 3.59. The number of hydrogen-bond donors (Lipinski definition) is 2. The predicted octanol–water partition coefficient (Wildman–Crippen LogP) is 1.64. The highest BCUT2D eigenvalue weighted by atomic mass is 16.2. The minimum atomic E-state index is -0.297. The molecule has 6 heteroatoms. The van der Waals surface area contributed by atoms with Crippen LogP contribution in [-0.4, -0.2) is 21.9 Å². The lowest BCUT2D eigenvalue weighted by molar-refractivity contribution is 0.102. The van der Waals surface area contributed by atoms with Crippen LogP contribution in [0, 0.1) is 0 Å². The smallest absolute Gasteiger partial charge is 0.259 e. The number of hydrogen-bond acceptors (Lipinski definition) is 4. The molecule has 3 heterocycles. The quantitative estimate of drug-likeness (QED) is 0.824. The maximum atomic E-state index is 12.3. The molecular weight excluding hydrogens is 256 g/mol. The number of nitrogens with one attached hydrogen (secondary N) is 2. The molecule has 1 fully saturated rings. The zero-order chi connectivity index (χ0) is 13.7. The van der Waals surface area contributed by atoms with Crippen molar-refractivity contribution in [2.45, 2.75) is 18.9 Å². The Morgan fingerprint density at radius 1 is 1.25 bits per heavy atom. The number of aromatic nitrogens is 2. The summed E-state index contributed by atoms with van der Waals surface area (Å²) in [5.41, 5.74) is 0.580. The van der Waals surface area contributed by atoms with E-state index in [9.17, 15) is 9.59 Å². The number of anilines is 3. The van der Waals surface area contributed by atoms with Crippen LogP contribution in [-0.2, 0) is 0 Å². The second kappa shape index (κ2) is 3.93. The van der Waals surface area contributed by atoms with Gasteiger partial charge in [-0.05, 0) is 25.0 Å². The van der Waals surface area contributed by atoms with Gasteiger partial charge in [-0.15, -0.1) is 0 Å². The van der Waals surface area contributed by atoms with E-state index < -0.39 is 0 Å². The first-order chi connectivity index (χ1) is 9.75. The number of fused-ring (bicyclic) bond motifs is 2. The zero-order valence-electron chi connectivity index (χ0n) is 10.6. The first-order valence-corrected chi connectivity index (χ1v) is 6.53. The lowest BCUT2D eigenvalue weighted by atomic mass is 10.2. The van der Waals surface area contributed by atoms with Crippen LogP contribution in [0.4, 0.5) is 17.3 Å². The Labute approximate surface area is 114 Å². The highest BCUT2D eigenvalue weighted by Gasteiger charge is 2.37. The van der Waals surface area contributed by atoms with Gasteiger partial charge in [0.15, 0.2) is 0 Å². The number of nitrogens with zero attached hydrogens (tertiary/aromatic N) is 2. The van der Waals surface area contributed by atoms with Crippen LogP contribution in [0.15, 0.2) is 35.4 Å². The number of rotatable bonds is 1. The summed E-state index contributed by atoms with van der Waals surface area (Å²) in [6, 6.07) is 5.14. The van der Waals surface area contributed by atoms with Crippen molar-refractivity contribution >= 4 is 23.2 Å². The molecule has 0 atom stereocenters. The van der Waals surface area contributed by atoms with E-state index in [1.165, 1.54) is 6.07 Å². The van der Waals surface area contributed by atoms with Gasteiger partial charge in [0.2, 0.25) is 5.43 Å². The SMILES string of the molecule is O=C1Nc2c([nH]ccc2=O)N(C2CC2)c2ncccc21. The number of aromatic amines is 1. The van der Waals surface area contributed by atoms with Crippen molar-refractivity contribution in [1.82, 2.24) is 9.97 Å². The lowest BCUT2D eigenvalue weighted by Crippen LogP contribution is -2.23. The topological polar surface area (TPSA) is 78.1 Å². The third-order valence-corrected chi connectivity index (χ3v) is 3.59. The maximum Gasteiger partial charge on any atom is 0.259 e. The second-order valence-corrected chi connectivity index (χ2v) is 5.00. The van der Waals surface area contributed by atoms with Gasteiger partial charge in [-0.3, -0.25) is 9.59 Å². The van der Waals surface area contributed by atoms with E-state index in [-0.39, 0.29) is 17.4 Å². The Balaban J connectivity index is 2.03. The van der Waals surface area contributed by atoms with Gasteiger partial charge in [0.25, 0.3) is 5.91 Å². The molecule has 2 N–H and O–H groups in total. The van der Waals surface area contributed by atoms with Crippen LogP contribution in [0.25, 0.3) is 0 Å². The van der Waals surface area contributed by atoms with Crippen molar-refractivity contribution in [3.63, 3.8) is 0 Å². The molecule has 20 heavy (non-hydrogen) atoms. The molecule has 1 amide bonds. The summed E-state index contributed by atoms with van der Waals surface area (Å²) in [6.45, 7) is 0. The third kappa shape index (κ3) is 1.54. The first-order valence-electron chi connectivity index (χ1n) is 6.53. The van der Waals surface area contributed by atoms with Gasteiger partial charge in [0.1, 0.15) is 17.3 Å². The van der Waals surface area contributed by atoms with E-state index in [0.717, 1.165) is 12.8 Å². The van der Waals surface area contributed by atoms with Gasteiger partial charge < -0.3 is 15.2 Å². The highest BCUT2D eigenvalue weighted by Crippen LogP contribution is 2.41. The average Bonchev–Trinajstić information content (AvgIpc) is 3.27. The fraction of sp³-hybridized carbons (Fsp3) is 0.214. The lowest BCUT2D eigenvalue weighted by Gasteiger charge is -2.23. The molecule has 0 radical (unpaired) electrons. The Hall–Kier alpha value is -2.63. The largest absolute Gasteiger partial charge is 0.346 e. The van der Waals surface area contributed by atoms with E-state index in [4.69, 9.17) is 0 Å². The fourth-order valence-electron chi connectivity index (χ4n) is 2.52. The predicted molar refractivity (Wildman–Crippen MR) is 74.4 cm³/mol. The molecule has 6 nitrogen and oxygen atoms in total. The van der Waals surface area contributed by atoms with Crippen LogP contribution in [0.2, 0.25) is 0 Å². The van der Waals surface area contributed by atoms with Crippen molar-refractivity contribution in [2.75, 3.05) is 10.2 Å². The summed E-state index contributed by atoms with van der Waals surface area (Å²) in [5.74, 6) is 0.924. The summed E-state index contributed by atoms with van der Waals surface area (Å²) in [7, 11) is 0. The van der Waals surface area contributed by atoms with Crippen LogP contribution in [0.5, 0.6) is 0 Å². The molecule has 2 aromatic rings. The van der Waals surface area contributed by atoms with Gasteiger partial charge in [-0.25, -0.2) is 4.98 Å². The van der Waals surface area contributed by atoms with E-state index in [1.54, 1.807) is 24.5 Å². The highest BCUT2D eigenvalue weighted by molar-refractivity contribution is 6.11. The normalized spacial score (nSPS) is 17.0. The molecule has 4 rings (SSSR count). The Morgan fingerprint density at radius 2 is 2.10 bits per heavy atom. The van der Waals surface area contributed by atoms with Gasteiger partial charge in [-0.2, -0.15) is 0 Å². The molecule has 1 aliphatic carbocycles. The molecule has 1 aliphatic heterocycles. The summed E-state index contributed by atoms with van der Waals surface area (Å²) >= 11 is 0. The van der Waals surface area contributed by atoms with E-state index in [2.05, 4.69) is 15.3 Å². The number of pyridine rings is 2. The van der Waals surface area contributed by atoms with Crippen LogP contribution < -0.4 is 15.6 Å². The van der Waals surface area contributed by atoms with E-state index in [0.29, 0.717) is 22.9 Å². The van der Waals surface area contributed by atoms with E-state index >= 15 is 0 Å². The van der Waals surface area contributed by atoms with Crippen molar-refractivity contribution < 1.29 is 4.79 Å². The molecule has 2 aromatic heterocycles. The van der Waals surface area contributed by atoms with Gasteiger partial charge in [-0.1, -0.05) is 0 Å². The Morgan fingerprint density at radius 3 is 2.90 bits per heavy atom. The minimum Gasteiger partial charge on any atom is -0.346 e. The van der Waals surface area contributed by atoms with Crippen molar-refractivity contribution in [3.8, 4) is 0 Å². The standard InChI is InChI=1S/C14H12N4O2/c19-10-5-7-16-13-11(10)17-14(20)9-2-1-6-15-12(9)18(13)8-3-4-8/h1-2,5-8H,3-4H2,(H,16,19)(H,17,20). The molecule has 0 unspecified atom stereocenters. The van der Waals surface area contributed by atoms with E-state index in [1.807, 2.05) is 4.90 Å². The minimum absolute atomic E-state index is 0.203. The molecular formula is C14H12N4O2. The molecule has 0 saturated heterocycles. The average molecular weight is 268 g/mol. The van der Waals surface area contributed by atoms with Crippen LogP contribution in [0.3, 0.4) is 0 Å². The number of amides is 1. The molecule has 0 bridgehead atoms. The zero-order valence-corrected chi connectivity index (χ0v) is 10.6. The van der Waals surface area contributed by atoms with Crippen molar-refractivity contribution in [2.24, 2.45) is 0 Å². The molecule has 0 aromatic carbocycles. The Kier molecular flexibility index (Phi) is 2.20.